The molecule has 1 aromatic carbocycles. The molecule has 0 saturated heterocycles. The van der Waals surface area contributed by atoms with Crippen LogP contribution >= 0.6 is 0 Å². The summed E-state index contributed by atoms with van der Waals surface area (Å²) < 4.78 is 0. The van der Waals surface area contributed by atoms with Gasteiger partial charge in [-0.2, -0.15) is 0 Å². The van der Waals surface area contributed by atoms with E-state index in [1.807, 2.05) is 31.2 Å². The van der Waals surface area contributed by atoms with Crippen molar-refractivity contribution in [1.29, 1.82) is 0 Å². The molecule has 1 aliphatic rings. The average Bonchev–Trinajstić information content (AvgIpc) is 2.24. The van der Waals surface area contributed by atoms with Gasteiger partial charge in [0.2, 0.25) is 0 Å². The lowest BCUT2D eigenvalue weighted by Gasteiger charge is -2.38. The van der Waals surface area contributed by atoms with E-state index in [9.17, 15) is 10.2 Å². The third kappa shape index (κ3) is 1.26. The maximum Gasteiger partial charge on any atom is 0.115 e. The minimum Gasteiger partial charge on any atom is -0.390 e. The van der Waals surface area contributed by atoms with Gasteiger partial charge in [-0.05, 0) is 30.4 Å². The molecule has 0 amide bonds. The van der Waals surface area contributed by atoms with Crippen molar-refractivity contribution in [2.75, 3.05) is 0 Å². The van der Waals surface area contributed by atoms with Crippen LogP contribution in [-0.4, -0.2) is 16.3 Å². The molecule has 0 aliphatic heterocycles. The van der Waals surface area contributed by atoms with Crippen LogP contribution in [0.2, 0.25) is 0 Å². The Kier molecular flexibility index (Phi) is 2.33. The van der Waals surface area contributed by atoms with E-state index in [0.717, 1.165) is 12.0 Å². The largest absolute Gasteiger partial charge is 0.390 e. The molecule has 0 unspecified atom stereocenters. The summed E-state index contributed by atoms with van der Waals surface area (Å²) in [5, 5.41) is 20.2. The van der Waals surface area contributed by atoms with Crippen molar-refractivity contribution in [3.63, 3.8) is 0 Å². The van der Waals surface area contributed by atoms with E-state index in [1.54, 1.807) is 0 Å². The standard InChI is InChI=1S/C12H16O2/c1-2-12(14)10-6-4-3-5-9(10)7-8-11(12)13/h3-6,11,13-14H,2,7-8H2,1H3/t11-,12+/m1/s1. The molecule has 0 saturated carbocycles. The number of aliphatic hydroxyl groups is 2. The van der Waals surface area contributed by atoms with Gasteiger partial charge in [-0.3, -0.25) is 0 Å². The summed E-state index contributed by atoms with van der Waals surface area (Å²) in [6, 6.07) is 7.84. The van der Waals surface area contributed by atoms with Gasteiger partial charge in [-0.1, -0.05) is 31.2 Å². The number of aliphatic hydroxyl groups excluding tert-OH is 1. The summed E-state index contributed by atoms with van der Waals surface area (Å²) in [4.78, 5) is 0. The Hall–Kier alpha value is -0.860. The van der Waals surface area contributed by atoms with E-state index in [-0.39, 0.29) is 0 Å². The second-order valence-electron chi connectivity index (χ2n) is 3.99. The molecule has 2 nitrogen and oxygen atoms in total. The SMILES string of the molecule is CC[C@]1(O)c2ccccc2CC[C@H]1O. The van der Waals surface area contributed by atoms with Gasteiger partial charge >= 0.3 is 0 Å². The molecular weight excluding hydrogens is 176 g/mol. The minimum absolute atomic E-state index is 0.561. The molecule has 0 spiro atoms. The predicted molar refractivity (Wildman–Crippen MR) is 55.0 cm³/mol. The first-order valence-electron chi connectivity index (χ1n) is 5.17. The first-order valence-corrected chi connectivity index (χ1v) is 5.17. The summed E-state index contributed by atoms with van der Waals surface area (Å²) in [6.45, 7) is 1.91. The number of rotatable bonds is 1. The van der Waals surface area contributed by atoms with E-state index in [4.69, 9.17) is 0 Å². The quantitative estimate of drug-likeness (QED) is 0.709. The van der Waals surface area contributed by atoms with Gasteiger partial charge in [0.1, 0.15) is 5.60 Å². The Morgan fingerprint density at radius 2 is 2.14 bits per heavy atom. The summed E-state index contributed by atoms with van der Waals surface area (Å²) in [5.41, 5.74) is 1.04. The highest BCUT2D eigenvalue weighted by molar-refractivity contribution is 5.35. The highest BCUT2D eigenvalue weighted by atomic mass is 16.3. The zero-order chi connectivity index (χ0) is 10.2. The van der Waals surface area contributed by atoms with Gasteiger partial charge in [0.05, 0.1) is 6.10 Å². The molecule has 14 heavy (non-hydrogen) atoms. The Morgan fingerprint density at radius 1 is 1.43 bits per heavy atom. The summed E-state index contributed by atoms with van der Waals surface area (Å²) in [7, 11) is 0. The molecule has 0 heterocycles. The highest BCUT2D eigenvalue weighted by Crippen LogP contribution is 2.37. The minimum atomic E-state index is -1.03. The molecule has 0 fully saturated rings. The Labute approximate surface area is 84.2 Å². The lowest BCUT2D eigenvalue weighted by molar-refractivity contribution is -0.0926. The van der Waals surface area contributed by atoms with Gasteiger partial charge in [-0.15, -0.1) is 0 Å². The van der Waals surface area contributed by atoms with Crippen LogP contribution in [0.15, 0.2) is 24.3 Å². The monoisotopic (exact) mass is 192 g/mol. The van der Waals surface area contributed by atoms with Gasteiger partial charge in [0.15, 0.2) is 0 Å². The van der Waals surface area contributed by atoms with Crippen molar-refractivity contribution in [3.05, 3.63) is 35.4 Å². The van der Waals surface area contributed by atoms with Crippen LogP contribution in [0.3, 0.4) is 0 Å². The Morgan fingerprint density at radius 3 is 2.86 bits per heavy atom. The van der Waals surface area contributed by atoms with Crippen LogP contribution in [0.4, 0.5) is 0 Å². The summed E-state index contributed by atoms with van der Waals surface area (Å²) in [6.07, 6.45) is 1.45. The second-order valence-corrected chi connectivity index (χ2v) is 3.99. The first kappa shape index (κ1) is 9.69. The predicted octanol–water partition coefficient (Wildman–Crippen LogP) is 1.59. The van der Waals surface area contributed by atoms with Crippen LogP contribution in [0, 0.1) is 0 Å². The molecule has 2 N–H and O–H groups in total. The van der Waals surface area contributed by atoms with Gasteiger partial charge in [-0.25, -0.2) is 0 Å². The number of hydrogen-bond acceptors (Lipinski definition) is 2. The van der Waals surface area contributed by atoms with Gasteiger partial charge in [0.25, 0.3) is 0 Å². The van der Waals surface area contributed by atoms with Crippen LogP contribution < -0.4 is 0 Å². The smallest absolute Gasteiger partial charge is 0.115 e. The molecule has 2 heteroatoms. The number of hydrogen-bond donors (Lipinski definition) is 2. The molecule has 0 bridgehead atoms. The van der Waals surface area contributed by atoms with Crippen molar-refractivity contribution >= 4 is 0 Å². The number of fused-ring (bicyclic) bond motifs is 1. The third-order valence-electron chi connectivity index (χ3n) is 3.26. The van der Waals surface area contributed by atoms with Crippen LogP contribution in [0.1, 0.15) is 30.9 Å². The molecule has 0 radical (unpaired) electrons. The van der Waals surface area contributed by atoms with E-state index >= 15 is 0 Å². The molecule has 1 aromatic rings. The zero-order valence-electron chi connectivity index (χ0n) is 8.40. The maximum atomic E-state index is 10.4. The topological polar surface area (TPSA) is 40.5 Å². The summed E-state index contributed by atoms with van der Waals surface area (Å²) in [5.74, 6) is 0. The van der Waals surface area contributed by atoms with Crippen molar-refractivity contribution < 1.29 is 10.2 Å². The molecule has 2 rings (SSSR count). The van der Waals surface area contributed by atoms with E-state index in [0.29, 0.717) is 12.8 Å². The molecule has 0 aromatic heterocycles. The van der Waals surface area contributed by atoms with Crippen molar-refractivity contribution in [2.24, 2.45) is 0 Å². The second kappa shape index (κ2) is 3.37. The van der Waals surface area contributed by atoms with Gasteiger partial charge < -0.3 is 10.2 Å². The molecular formula is C12H16O2. The fourth-order valence-electron chi connectivity index (χ4n) is 2.30. The molecule has 1 aliphatic carbocycles. The number of benzene rings is 1. The molecule has 76 valence electrons. The first-order chi connectivity index (χ1) is 6.68. The van der Waals surface area contributed by atoms with E-state index in [1.165, 1.54) is 5.56 Å². The Balaban J connectivity index is 2.52. The lowest BCUT2D eigenvalue weighted by Crippen LogP contribution is -2.42. The van der Waals surface area contributed by atoms with Crippen LogP contribution in [0.5, 0.6) is 0 Å². The number of aryl methyl sites for hydroxylation is 1. The normalized spacial score (nSPS) is 31.2. The Bertz CT molecular complexity index is 335. The summed E-state index contributed by atoms with van der Waals surface area (Å²) >= 11 is 0. The van der Waals surface area contributed by atoms with Crippen LogP contribution in [0.25, 0.3) is 0 Å². The van der Waals surface area contributed by atoms with Crippen molar-refractivity contribution in [2.45, 2.75) is 37.9 Å². The fraction of sp³-hybridized carbons (Fsp3) is 0.500. The maximum absolute atomic E-state index is 10.4. The zero-order valence-corrected chi connectivity index (χ0v) is 8.40. The van der Waals surface area contributed by atoms with Crippen LogP contribution in [-0.2, 0) is 12.0 Å². The lowest BCUT2D eigenvalue weighted by atomic mass is 9.75. The molecule has 2 atom stereocenters. The van der Waals surface area contributed by atoms with E-state index < -0.39 is 11.7 Å². The highest BCUT2D eigenvalue weighted by Gasteiger charge is 2.39. The van der Waals surface area contributed by atoms with E-state index in [2.05, 4.69) is 0 Å². The van der Waals surface area contributed by atoms with Crippen molar-refractivity contribution in [1.82, 2.24) is 0 Å². The van der Waals surface area contributed by atoms with Gasteiger partial charge in [0, 0.05) is 0 Å². The third-order valence-corrected chi connectivity index (χ3v) is 3.26. The van der Waals surface area contributed by atoms with Crippen molar-refractivity contribution in [3.8, 4) is 0 Å². The average molecular weight is 192 g/mol. The fourth-order valence-corrected chi connectivity index (χ4v) is 2.30.